The Labute approximate surface area is 137 Å². The van der Waals surface area contributed by atoms with E-state index >= 15 is 0 Å². The summed E-state index contributed by atoms with van der Waals surface area (Å²) in [5, 5.41) is 8.13. The lowest BCUT2D eigenvalue weighted by Crippen LogP contribution is -2.14. The first-order chi connectivity index (χ1) is 11.0. The summed E-state index contributed by atoms with van der Waals surface area (Å²) in [7, 11) is 0. The van der Waals surface area contributed by atoms with Gasteiger partial charge in [0.1, 0.15) is 0 Å². The Kier molecular flexibility index (Phi) is 2.99. The van der Waals surface area contributed by atoms with Gasteiger partial charge in [-0.05, 0) is 67.9 Å². The molecule has 4 rings (SSSR count). The molecule has 0 atom stereocenters. The maximum Gasteiger partial charge on any atom is -0.00961 e. The number of aryl methyl sites for hydroxylation is 1. The Hall–Kier alpha value is -2.34. The molecule has 0 fully saturated rings. The van der Waals surface area contributed by atoms with Crippen LogP contribution in [0.4, 0.5) is 0 Å². The second kappa shape index (κ2) is 4.83. The van der Waals surface area contributed by atoms with Crippen molar-refractivity contribution in [3.8, 4) is 0 Å². The molecule has 0 nitrogen and oxygen atoms in total. The highest BCUT2D eigenvalue weighted by Crippen LogP contribution is 2.40. The molecule has 0 bridgehead atoms. The fraction of sp³-hybridized carbons (Fsp3) is 0.217. The summed E-state index contributed by atoms with van der Waals surface area (Å²) in [6.07, 6.45) is 0. The van der Waals surface area contributed by atoms with Crippen molar-refractivity contribution < 1.29 is 0 Å². The average molecular weight is 298 g/mol. The first kappa shape index (κ1) is 14.3. The molecule has 0 unspecified atom stereocenters. The summed E-state index contributed by atoms with van der Waals surface area (Å²) < 4.78 is 0. The Morgan fingerprint density at radius 2 is 1.13 bits per heavy atom. The third-order valence-electron chi connectivity index (χ3n) is 4.90. The quantitative estimate of drug-likeness (QED) is 0.249. The number of rotatable bonds is 0. The van der Waals surface area contributed by atoms with E-state index in [1.165, 1.54) is 43.4 Å². The number of benzene rings is 4. The van der Waals surface area contributed by atoms with Gasteiger partial charge < -0.3 is 0 Å². The SMILES string of the molecule is Cc1c(C(C)(C)C)c2ccccc2c2cc3ccccc3cc12. The molecule has 114 valence electrons. The van der Waals surface area contributed by atoms with Crippen molar-refractivity contribution in [1.29, 1.82) is 0 Å². The molecular weight excluding hydrogens is 276 g/mol. The van der Waals surface area contributed by atoms with Gasteiger partial charge in [0.15, 0.2) is 0 Å². The van der Waals surface area contributed by atoms with Crippen molar-refractivity contribution in [2.45, 2.75) is 33.1 Å². The van der Waals surface area contributed by atoms with Gasteiger partial charge in [0, 0.05) is 0 Å². The highest BCUT2D eigenvalue weighted by atomic mass is 14.3. The van der Waals surface area contributed by atoms with E-state index in [0.717, 1.165) is 0 Å². The molecule has 0 saturated heterocycles. The Morgan fingerprint density at radius 3 is 1.74 bits per heavy atom. The zero-order valence-corrected chi connectivity index (χ0v) is 14.3. The Bertz CT molecular complexity index is 1050. The number of hydrogen-bond donors (Lipinski definition) is 0. The molecule has 0 saturated carbocycles. The minimum absolute atomic E-state index is 0.128. The van der Waals surface area contributed by atoms with E-state index in [0.29, 0.717) is 0 Å². The normalized spacial score (nSPS) is 12.3. The van der Waals surface area contributed by atoms with E-state index in [1.807, 2.05) is 0 Å². The molecule has 0 radical (unpaired) electrons. The lowest BCUT2D eigenvalue weighted by atomic mass is 9.78. The maximum absolute atomic E-state index is 2.36. The summed E-state index contributed by atoms with van der Waals surface area (Å²) in [6, 6.07) is 22.2. The molecule has 0 aromatic heterocycles. The van der Waals surface area contributed by atoms with Crippen molar-refractivity contribution >= 4 is 32.3 Å². The smallest absolute Gasteiger partial charge is 0.00961 e. The van der Waals surface area contributed by atoms with Crippen molar-refractivity contribution in [3.05, 3.63) is 71.8 Å². The monoisotopic (exact) mass is 298 g/mol. The van der Waals surface area contributed by atoms with Crippen LogP contribution in [0, 0.1) is 6.92 Å². The predicted molar refractivity (Wildman–Crippen MR) is 102 cm³/mol. The third-order valence-corrected chi connectivity index (χ3v) is 4.90. The van der Waals surface area contributed by atoms with Crippen LogP contribution in [0.25, 0.3) is 32.3 Å². The van der Waals surface area contributed by atoms with Crippen LogP contribution in [-0.2, 0) is 5.41 Å². The summed E-state index contributed by atoms with van der Waals surface area (Å²) in [5.74, 6) is 0. The zero-order chi connectivity index (χ0) is 16.2. The lowest BCUT2D eigenvalue weighted by Gasteiger charge is -2.26. The molecule has 0 N–H and O–H groups in total. The summed E-state index contributed by atoms with van der Waals surface area (Å²) >= 11 is 0. The van der Waals surface area contributed by atoms with E-state index < -0.39 is 0 Å². The third kappa shape index (κ3) is 2.13. The molecule has 0 heteroatoms. The van der Waals surface area contributed by atoms with Gasteiger partial charge in [-0.2, -0.15) is 0 Å². The van der Waals surface area contributed by atoms with Gasteiger partial charge in [0.25, 0.3) is 0 Å². The Morgan fingerprint density at radius 1 is 0.609 bits per heavy atom. The fourth-order valence-corrected chi connectivity index (χ4v) is 4.01. The van der Waals surface area contributed by atoms with E-state index in [9.17, 15) is 0 Å². The second-order valence-electron chi connectivity index (χ2n) is 7.54. The van der Waals surface area contributed by atoms with Gasteiger partial charge in [-0.15, -0.1) is 0 Å². The molecule has 0 aliphatic carbocycles. The van der Waals surface area contributed by atoms with Gasteiger partial charge in [0.05, 0.1) is 0 Å². The van der Waals surface area contributed by atoms with Crippen LogP contribution in [0.15, 0.2) is 60.7 Å². The largest absolute Gasteiger partial charge is 0.0616 e. The van der Waals surface area contributed by atoms with E-state index in [-0.39, 0.29) is 5.41 Å². The predicted octanol–water partition coefficient (Wildman–Crippen LogP) is 6.75. The highest BCUT2D eigenvalue weighted by molar-refractivity contribution is 6.14. The highest BCUT2D eigenvalue weighted by Gasteiger charge is 2.21. The zero-order valence-electron chi connectivity index (χ0n) is 14.3. The topological polar surface area (TPSA) is 0 Å². The molecule has 0 spiro atoms. The van der Waals surface area contributed by atoms with Crippen LogP contribution in [0.2, 0.25) is 0 Å². The van der Waals surface area contributed by atoms with Crippen molar-refractivity contribution in [2.24, 2.45) is 0 Å². The summed E-state index contributed by atoms with van der Waals surface area (Å²) in [5.41, 5.74) is 3.01. The molecule has 0 amide bonds. The van der Waals surface area contributed by atoms with E-state index in [4.69, 9.17) is 0 Å². The van der Waals surface area contributed by atoms with E-state index in [1.54, 1.807) is 0 Å². The maximum atomic E-state index is 2.36. The molecule has 4 aromatic rings. The number of hydrogen-bond acceptors (Lipinski definition) is 0. The van der Waals surface area contributed by atoms with Gasteiger partial charge in [-0.3, -0.25) is 0 Å². The first-order valence-corrected chi connectivity index (χ1v) is 8.31. The average Bonchev–Trinajstić information content (AvgIpc) is 2.52. The van der Waals surface area contributed by atoms with Crippen LogP contribution in [0.5, 0.6) is 0 Å². The summed E-state index contributed by atoms with van der Waals surface area (Å²) in [6.45, 7) is 9.22. The fourth-order valence-electron chi connectivity index (χ4n) is 4.01. The van der Waals surface area contributed by atoms with Crippen LogP contribution >= 0.6 is 0 Å². The number of fused-ring (bicyclic) bond motifs is 4. The molecular formula is C23H22. The summed E-state index contributed by atoms with van der Waals surface area (Å²) in [4.78, 5) is 0. The first-order valence-electron chi connectivity index (χ1n) is 8.31. The van der Waals surface area contributed by atoms with Crippen LogP contribution < -0.4 is 0 Å². The van der Waals surface area contributed by atoms with Crippen LogP contribution in [0.3, 0.4) is 0 Å². The van der Waals surface area contributed by atoms with Crippen LogP contribution in [-0.4, -0.2) is 0 Å². The minimum Gasteiger partial charge on any atom is -0.0616 e. The van der Waals surface area contributed by atoms with Gasteiger partial charge in [-0.1, -0.05) is 69.3 Å². The molecule has 23 heavy (non-hydrogen) atoms. The molecule has 0 aliphatic rings. The molecule has 0 aliphatic heterocycles. The second-order valence-corrected chi connectivity index (χ2v) is 7.54. The van der Waals surface area contributed by atoms with Crippen molar-refractivity contribution in [1.82, 2.24) is 0 Å². The van der Waals surface area contributed by atoms with Gasteiger partial charge in [-0.25, -0.2) is 0 Å². The van der Waals surface area contributed by atoms with Gasteiger partial charge >= 0.3 is 0 Å². The van der Waals surface area contributed by atoms with E-state index in [2.05, 4.69) is 88.4 Å². The lowest BCUT2D eigenvalue weighted by molar-refractivity contribution is 0.593. The molecule has 4 aromatic carbocycles. The van der Waals surface area contributed by atoms with Gasteiger partial charge in [0.2, 0.25) is 0 Å². The molecule has 0 heterocycles. The van der Waals surface area contributed by atoms with Crippen molar-refractivity contribution in [2.75, 3.05) is 0 Å². The van der Waals surface area contributed by atoms with Crippen molar-refractivity contribution in [3.63, 3.8) is 0 Å². The van der Waals surface area contributed by atoms with Crippen LogP contribution in [0.1, 0.15) is 31.9 Å². The Balaban J connectivity index is 2.30. The standard InChI is InChI=1S/C23H22/c1-15-20-13-16-9-5-6-10-17(16)14-21(20)18-11-7-8-12-19(18)22(15)23(2,3)4/h5-14H,1-4H3. The minimum atomic E-state index is 0.128.